The lowest BCUT2D eigenvalue weighted by atomic mass is 10.1. The first-order valence-electron chi connectivity index (χ1n) is 7.82. The highest BCUT2D eigenvalue weighted by molar-refractivity contribution is 7.99. The molecule has 0 unspecified atom stereocenters. The summed E-state index contributed by atoms with van der Waals surface area (Å²) in [6.45, 7) is 7.62. The third kappa shape index (κ3) is 6.95. The van der Waals surface area contributed by atoms with Crippen LogP contribution in [0.2, 0.25) is 0 Å². The Labute approximate surface area is 155 Å². The summed E-state index contributed by atoms with van der Waals surface area (Å²) in [4.78, 5) is 12.3. The molecule has 0 aliphatic carbocycles. The van der Waals surface area contributed by atoms with Crippen molar-refractivity contribution < 1.29 is 4.79 Å². The molecule has 0 aliphatic heterocycles. The van der Waals surface area contributed by atoms with Crippen LogP contribution < -0.4 is 10.6 Å². The van der Waals surface area contributed by atoms with Crippen molar-refractivity contribution in [1.29, 1.82) is 0 Å². The molecule has 2 N–H and O–H groups in total. The summed E-state index contributed by atoms with van der Waals surface area (Å²) < 4.78 is 0. The smallest absolute Gasteiger partial charge is 0.221 e. The number of thioether (sulfide) groups is 1. The van der Waals surface area contributed by atoms with Gasteiger partial charge in [0.1, 0.15) is 0 Å². The SMILES string of the molecule is CC(=O)Nc1ccc(CNCCSc2ccc(C)c(C)c2)cc1.Cl. The van der Waals surface area contributed by atoms with Crippen LogP contribution in [0.15, 0.2) is 47.4 Å². The van der Waals surface area contributed by atoms with Crippen molar-refractivity contribution in [2.75, 3.05) is 17.6 Å². The van der Waals surface area contributed by atoms with Gasteiger partial charge in [-0.3, -0.25) is 4.79 Å². The minimum absolute atomic E-state index is 0. The first-order chi connectivity index (χ1) is 11.0. The molecule has 0 heterocycles. The predicted octanol–water partition coefficient (Wildman–Crippen LogP) is 4.57. The number of hydrogen-bond donors (Lipinski definition) is 2. The highest BCUT2D eigenvalue weighted by Gasteiger charge is 1.99. The molecule has 2 aromatic carbocycles. The van der Waals surface area contributed by atoms with Gasteiger partial charge >= 0.3 is 0 Å². The van der Waals surface area contributed by atoms with Crippen LogP contribution in [-0.4, -0.2) is 18.2 Å². The predicted molar refractivity (Wildman–Crippen MR) is 106 cm³/mol. The fourth-order valence-corrected chi connectivity index (χ4v) is 3.09. The van der Waals surface area contributed by atoms with Gasteiger partial charge in [-0.1, -0.05) is 18.2 Å². The third-order valence-electron chi connectivity index (χ3n) is 3.63. The lowest BCUT2D eigenvalue weighted by Crippen LogP contribution is -2.16. The van der Waals surface area contributed by atoms with Gasteiger partial charge in [-0.2, -0.15) is 0 Å². The second-order valence-electron chi connectivity index (χ2n) is 5.65. The van der Waals surface area contributed by atoms with Gasteiger partial charge in [0.05, 0.1) is 0 Å². The third-order valence-corrected chi connectivity index (χ3v) is 4.62. The van der Waals surface area contributed by atoms with Gasteiger partial charge in [0.25, 0.3) is 0 Å². The Morgan fingerprint density at radius 3 is 2.38 bits per heavy atom. The number of carbonyl (C=O) groups excluding carboxylic acids is 1. The average Bonchev–Trinajstić information content (AvgIpc) is 2.51. The van der Waals surface area contributed by atoms with Gasteiger partial charge in [0.2, 0.25) is 5.91 Å². The van der Waals surface area contributed by atoms with Crippen LogP contribution in [0.5, 0.6) is 0 Å². The van der Waals surface area contributed by atoms with Crippen molar-refractivity contribution >= 4 is 35.8 Å². The topological polar surface area (TPSA) is 41.1 Å². The van der Waals surface area contributed by atoms with E-state index >= 15 is 0 Å². The molecule has 0 aliphatic rings. The zero-order chi connectivity index (χ0) is 16.7. The van der Waals surface area contributed by atoms with Gasteiger partial charge < -0.3 is 10.6 Å². The van der Waals surface area contributed by atoms with Gasteiger partial charge in [-0.15, -0.1) is 24.2 Å². The van der Waals surface area contributed by atoms with Crippen molar-refractivity contribution in [2.45, 2.75) is 32.2 Å². The molecule has 0 aromatic heterocycles. The fraction of sp³-hybridized carbons (Fsp3) is 0.316. The normalized spacial score (nSPS) is 10.1. The van der Waals surface area contributed by atoms with E-state index in [9.17, 15) is 4.79 Å². The van der Waals surface area contributed by atoms with Gasteiger partial charge in [-0.05, 0) is 54.8 Å². The van der Waals surface area contributed by atoms with Crippen LogP contribution in [-0.2, 0) is 11.3 Å². The molecule has 0 saturated carbocycles. The number of nitrogens with one attached hydrogen (secondary N) is 2. The van der Waals surface area contributed by atoms with Crippen molar-refractivity contribution in [3.05, 3.63) is 59.2 Å². The summed E-state index contributed by atoms with van der Waals surface area (Å²) in [5.41, 5.74) is 4.75. The first-order valence-corrected chi connectivity index (χ1v) is 8.80. The van der Waals surface area contributed by atoms with Crippen molar-refractivity contribution in [3.8, 4) is 0 Å². The van der Waals surface area contributed by atoms with Crippen LogP contribution in [0.25, 0.3) is 0 Å². The van der Waals surface area contributed by atoms with Gasteiger partial charge in [0.15, 0.2) is 0 Å². The van der Waals surface area contributed by atoms with E-state index in [-0.39, 0.29) is 18.3 Å². The molecule has 0 spiro atoms. The highest BCUT2D eigenvalue weighted by Crippen LogP contribution is 2.20. The van der Waals surface area contributed by atoms with E-state index in [1.807, 2.05) is 36.0 Å². The van der Waals surface area contributed by atoms with E-state index in [4.69, 9.17) is 0 Å². The van der Waals surface area contributed by atoms with Crippen LogP contribution in [0, 0.1) is 13.8 Å². The van der Waals surface area contributed by atoms with E-state index in [2.05, 4.69) is 42.7 Å². The summed E-state index contributed by atoms with van der Waals surface area (Å²) in [7, 11) is 0. The molecule has 3 nitrogen and oxygen atoms in total. The maximum absolute atomic E-state index is 11.0. The number of anilines is 1. The maximum Gasteiger partial charge on any atom is 0.221 e. The summed E-state index contributed by atoms with van der Waals surface area (Å²) in [6.07, 6.45) is 0. The second kappa shape index (κ2) is 10.4. The van der Waals surface area contributed by atoms with Gasteiger partial charge in [0, 0.05) is 36.3 Å². The molecule has 0 saturated heterocycles. The Hall–Kier alpha value is -1.49. The monoisotopic (exact) mass is 364 g/mol. The van der Waals surface area contributed by atoms with E-state index in [0.29, 0.717) is 0 Å². The molecule has 0 fully saturated rings. The molecule has 24 heavy (non-hydrogen) atoms. The quantitative estimate of drug-likeness (QED) is 0.558. The first kappa shape index (κ1) is 20.6. The van der Waals surface area contributed by atoms with Crippen LogP contribution >= 0.6 is 24.2 Å². The molecule has 0 atom stereocenters. The van der Waals surface area contributed by atoms with Crippen molar-refractivity contribution in [1.82, 2.24) is 5.32 Å². The Kier molecular flexibility index (Phi) is 8.90. The number of rotatable bonds is 7. The maximum atomic E-state index is 11.0. The van der Waals surface area contributed by atoms with Crippen molar-refractivity contribution in [3.63, 3.8) is 0 Å². The Bertz CT molecular complexity index is 659. The number of amides is 1. The zero-order valence-corrected chi connectivity index (χ0v) is 16.0. The number of halogens is 1. The highest BCUT2D eigenvalue weighted by atomic mass is 35.5. The van der Waals surface area contributed by atoms with Crippen LogP contribution in [0.4, 0.5) is 5.69 Å². The summed E-state index contributed by atoms with van der Waals surface area (Å²) in [5, 5.41) is 6.22. The minimum Gasteiger partial charge on any atom is -0.326 e. The van der Waals surface area contributed by atoms with Gasteiger partial charge in [-0.25, -0.2) is 0 Å². The molecule has 130 valence electrons. The number of carbonyl (C=O) groups is 1. The fourth-order valence-electron chi connectivity index (χ4n) is 2.19. The molecular weight excluding hydrogens is 340 g/mol. The van der Waals surface area contributed by atoms with E-state index in [1.165, 1.54) is 28.5 Å². The summed E-state index contributed by atoms with van der Waals surface area (Å²) in [5.74, 6) is 1.01. The minimum atomic E-state index is -0.0424. The molecule has 0 radical (unpaired) electrons. The Balaban J connectivity index is 0.00000288. The Morgan fingerprint density at radius 1 is 1.04 bits per heavy atom. The van der Waals surface area contributed by atoms with E-state index < -0.39 is 0 Å². The molecule has 2 aromatic rings. The summed E-state index contributed by atoms with van der Waals surface area (Å²) >= 11 is 1.88. The molecule has 5 heteroatoms. The molecular formula is C19H25ClN2OS. The average molecular weight is 365 g/mol. The van der Waals surface area contributed by atoms with E-state index in [1.54, 1.807) is 0 Å². The lowest BCUT2D eigenvalue weighted by Gasteiger charge is -2.08. The van der Waals surface area contributed by atoms with Crippen molar-refractivity contribution in [2.24, 2.45) is 0 Å². The molecule has 1 amide bonds. The second-order valence-corrected chi connectivity index (χ2v) is 6.82. The number of benzene rings is 2. The largest absolute Gasteiger partial charge is 0.326 e. The number of aryl methyl sites for hydroxylation is 2. The van der Waals surface area contributed by atoms with Crippen LogP contribution in [0.1, 0.15) is 23.6 Å². The lowest BCUT2D eigenvalue weighted by molar-refractivity contribution is -0.114. The van der Waals surface area contributed by atoms with E-state index in [0.717, 1.165) is 24.5 Å². The standard InChI is InChI=1S/C19H24N2OS.ClH/c1-14-4-9-19(12-15(14)2)23-11-10-20-13-17-5-7-18(8-6-17)21-16(3)22;/h4-9,12,20H,10-11,13H2,1-3H3,(H,21,22);1H. The molecule has 2 rings (SSSR count). The Morgan fingerprint density at radius 2 is 1.75 bits per heavy atom. The molecule has 0 bridgehead atoms. The van der Waals surface area contributed by atoms with Crippen LogP contribution in [0.3, 0.4) is 0 Å². The zero-order valence-electron chi connectivity index (χ0n) is 14.4. The number of hydrogen-bond acceptors (Lipinski definition) is 3. The summed E-state index contributed by atoms with van der Waals surface area (Å²) in [6, 6.07) is 14.6.